The fraction of sp³-hybridized carbons (Fsp3) is 0.462. The summed E-state index contributed by atoms with van der Waals surface area (Å²) in [4.78, 5) is 12.2. The predicted octanol–water partition coefficient (Wildman–Crippen LogP) is 2.60. The van der Waals surface area contributed by atoms with Gasteiger partial charge in [-0.05, 0) is 31.0 Å². The third-order valence-corrected chi connectivity index (χ3v) is 5.06. The Morgan fingerprint density at radius 3 is 2.48 bits per heavy atom. The van der Waals surface area contributed by atoms with Gasteiger partial charge in [-0.15, -0.1) is 0 Å². The summed E-state index contributed by atoms with van der Waals surface area (Å²) >= 11 is 11.8. The average Bonchev–Trinajstić information content (AvgIpc) is 2.36. The number of piperidine rings is 1. The van der Waals surface area contributed by atoms with Gasteiger partial charge in [0.2, 0.25) is 15.9 Å². The van der Waals surface area contributed by atoms with E-state index in [1.165, 1.54) is 4.31 Å². The van der Waals surface area contributed by atoms with Gasteiger partial charge in [0.25, 0.3) is 0 Å². The molecule has 5 nitrogen and oxygen atoms in total. The highest BCUT2D eigenvalue weighted by molar-refractivity contribution is 7.88. The molecular weight excluding hydrogens is 335 g/mol. The Bertz CT molecular complexity index is 629. The number of hydrogen-bond acceptors (Lipinski definition) is 3. The Labute approximate surface area is 134 Å². The molecule has 1 saturated heterocycles. The predicted molar refractivity (Wildman–Crippen MR) is 84.2 cm³/mol. The number of benzene rings is 1. The van der Waals surface area contributed by atoms with Crippen molar-refractivity contribution in [1.82, 2.24) is 4.31 Å². The number of rotatable bonds is 3. The molecule has 0 radical (unpaired) electrons. The van der Waals surface area contributed by atoms with Gasteiger partial charge in [-0.25, -0.2) is 12.7 Å². The Balaban J connectivity index is 2.06. The molecule has 1 heterocycles. The highest BCUT2D eigenvalue weighted by atomic mass is 35.5. The second-order valence-electron chi connectivity index (χ2n) is 5.11. The Morgan fingerprint density at radius 2 is 1.90 bits per heavy atom. The van der Waals surface area contributed by atoms with Gasteiger partial charge in [0.05, 0.1) is 12.2 Å². The van der Waals surface area contributed by atoms with Crippen LogP contribution in [0.4, 0.5) is 5.69 Å². The normalized spacial score (nSPS) is 20.2. The van der Waals surface area contributed by atoms with Crippen LogP contribution >= 0.6 is 23.2 Å². The molecule has 1 amide bonds. The van der Waals surface area contributed by atoms with Crippen molar-refractivity contribution in [3.63, 3.8) is 0 Å². The molecule has 1 fully saturated rings. The fourth-order valence-electron chi connectivity index (χ4n) is 2.33. The smallest absolute Gasteiger partial charge is 0.228 e. The van der Waals surface area contributed by atoms with Gasteiger partial charge < -0.3 is 5.32 Å². The zero-order valence-corrected chi connectivity index (χ0v) is 13.8. The number of anilines is 1. The summed E-state index contributed by atoms with van der Waals surface area (Å²) in [7, 11) is -3.27. The van der Waals surface area contributed by atoms with Crippen LogP contribution in [0.3, 0.4) is 0 Å². The van der Waals surface area contributed by atoms with Crippen molar-refractivity contribution < 1.29 is 13.2 Å². The molecule has 1 N–H and O–H groups in total. The van der Waals surface area contributed by atoms with E-state index in [1.807, 2.05) is 0 Å². The van der Waals surface area contributed by atoms with Crippen LogP contribution in [-0.4, -0.2) is 38.0 Å². The Hall–Kier alpha value is -0.820. The molecule has 0 aliphatic carbocycles. The maximum atomic E-state index is 12.2. The van der Waals surface area contributed by atoms with Crippen molar-refractivity contribution in [2.75, 3.05) is 24.7 Å². The minimum absolute atomic E-state index is 0.207. The van der Waals surface area contributed by atoms with E-state index in [0.717, 1.165) is 6.26 Å². The first-order valence-electron chi connectivity index (χ1n) is 6.48. The quantitative estimate of drug-likeness (QED) is 0.910. The SMILES string of the molecule is CS(=O)(=O)N1CCCC(C(=O)Nc2cc(Cl)cc(Cl)c2)C1. The summed E-state index contributed by atoms with van der Waals surface area (Å²) in [5.41, 5.74) is 0.508. The molecule has 1 unspecified atom stereocenters. The van der Waals surface area contributed by atoms with Gasteiger partial charge >= 0.3 is 0 Å². The number of nitrogens with zero attached hydrogens (tertiary/aromatic N) is 1. The van der Waals surface area contributed by atoms with Crippen LogP contribution in [0, 0.1) is 5.92 Å². The van der Waals surface area contributed by atoms with Crippen molar-refractivity contribution >= 4 is 44.8 Å². The first kappa shape index (κ1) is 16.5. The van der Waals surface area contributed by atoms with E-state index in [1.54, 1.807) is 18.2 Å². The molecule has 21 heavy (non-hydrogen) atoms. The Kier molecular flexibility index (Phi) is 5.14. The van der Waals surface area contributed by atoms with Gasteiger partial charge in [-0.3, -0.25) is 4.79 Å². The summed E-state index contributed by atoms with van der Waals surface area (Å²) < 4.78 is 24.5. The molecule has 1 atom stereocenters. The number of sulfonamides is 1. The lowest BCUT2D eigenvalue weighted by atomic mass is 9.99. The number of amides is 1. The highest BCUT2D eigenvalue weighted by Gasteiger charge is 2.30. The van der Waals surface area contributed by atoms with E-state index >= 15 is 0 Å². The van der Waals surface area contributed by atoms with Crippen LogP contribution in [-0.2, 0) is 14.8 Å². The minimum atomic E-state index is -3.27. The second-order valence-corrected chi connectivity index (χ2v) is 7.96. The van der Waals surface area contributed by atoms with Crippen LogP contribution in [0.1, 0.15) is 12.8 Å². The van der Waals surface area contributed by atoms with Crippen LogP contribution in [0.5, 0.6) is 0 Å². The summed E-state index contributed by atoms with van der Waals surface area (Å²) in [6, 6.07) is 4.77. The van der Waals surface area contributed by atoms with Crippen LogP contribution in [0.15, 0.2) is 18.2 Å². The van der Waals surface area contributed by atoms with Crippen molar-refractivity contribution in [3.8, 4) is 0 Å². The lowest BCUT2D eigenvalue weighted by Gasteiger charge is -2.30. The second kappa shape index (κ2) is 6.52. The zero-order chi connectivity index (χ0) is 15.6. The standard InChI is InChI=1S/C13H16Cl2N2O3S/c1-21(19,20)17-4-2-3-9(8-17)13(18)16-12-6-10(14)5-11(15)7-12/h5-7,9H,2-4,8H2,1H3,(H,16,18). The number of carbonyl (C=O) groups excluding carboxylic acids is 1. The van der Waals surface area contributed by atoms with E-state index in [0.29, 0.717) is 35.1 Å². The molecule has 0 aromatic heterocycles. The van der Waals surface area contributed by atoms with E-state index in [-0.39, 0.29) is 18.4 Å². The number of hydrogen-bond donors (Lipinski definition) is 1. The summed E-state index contributed by atoms with van der Waals surface area (Å²) in [5.74, 6) is -0.590. The van der Waals surface area contributed by atoms with Crippen molar-refractivity contribution in [2.24, 2.45) is 5.92 Å². The molecule has 2 rings (SSSR count). The maximum absolute atomic E-state index is 12.2. The molecule has 116 valence electrons. The highest BCUT2D eigenvalue weighted by Crippen LogP contribution is 2.24. The van der Waals surface area contributed by atoms with Gasteiger partial charge in [0.1, 0.15) is 0 Å². The molecule has 1 aromatic rings. The maximum Gasteiger partial charge on any atom is 0.228 e. The van der Waals surface area contributed by atoms with Crippen LogP contribution in [0.2, 0.25) is 10.0 Å². The van der Waals surface area contributed by atoms with E-state index < -0.39 is 10.0 Å². The van der Waals surface area contributed by atoms with Gasteiger partial charge in [-0.2, -0.15) is 0 Å². The lowest BCUT2D eigenvalue weighted by Crippen LogP contribution is -2.43. The van der Waals surface area contributed by atoms with Crippen LogP contribution in [0.25, 0.3) is 0 Å². The lowest BCUT2D eigenvalue weighted by molar-refractivity contribution is -0.120. The zero-order valence-electron chi connectivity index (χ0n) is 11.5. The molecule has 1 aliphatic rings. The molecular formula is C13H16Cl2N2O3S. The van der Waals surface area contributed by atoms with Crippen molar-refractivity contribution in [3.05, 3.63) is 28.2 Å². The van der Waals surface area contributed by atoms with Gasteiger partial charge in [0.15, 0.2) is 0 Å². The molecule has 0 saturated carbocycles. The third kappa shape index (κ3) is 4.57. The van der Waals surface area contributed by atoms with Gasteiger partial charge in [0, 0.05) is 28.8 Å². The first-order chi connectivity index (χ1) is 9.75. The van der Waals surface area contributed by atoms with E-state index in [4.69, 9.17) is 23.2 Å². The fourth-order valence-corrected chi connectivity index (χ4v) is 3.77. The first-order valence-corrected chi connectivity index (χ1v) is 9.08. The summed E-state index contributed by atoms with van der Waals surface area (Å²) in [6.45, 7) is 0.671. The Morgan fingerprint density at radius 1 is 1.29 bits per heavy atom. The molecule has 0 bridgehead atoms. The largest absolute Gasteiger partial charge is 0.326 e. The third-order valence-electron chi connectivity index (χ3n) is 3.35. The number of carbonyl (C=O) groups is 1. The topological polar surface area (TPSA) is 66.5 Å². The molecule has 0 spiro atoms. The number of nitrogens with one attached hydrogen (secondary N) is 1. The average molecular weight is 351 g/mol. The van der Waals surface area contributed by atoms with E-state index in [9.17, 15) is 13.2 Å². The molecule has 1 aromatic carbocycles. The monoisotopic (exact) mass is 350 g/mol. The summed E-state index contributed by atoms with van der Waals surface area (Å²) in [6.07, 6.45) is 2.48. The minimum Gasteiger partial charge on any atom is -0.326 e. The number of halogens is 2. The van der Waals surface area contributed by atoms with Crippen molar-refractivity contribution in [2.45, 2.75) is 12.8 Å². The molecule has 8 heteroatoms. The summed E-state index contributed by atoms with van der Waals surface area (Å²) in [5, 5.41) is 3.60. The van der Waals surface area contributed by atoms with Gasteiger partial charge in [-0.1, -0.05) is 23.2 Å². The molecule has 1 aliphatic heterocycles. The van der Waals surface area contributed by atoms with E-state index in [2.05, 4.69) is 5.32 Å². The van der Waals surface area contributed by atoms with Crippen molar-refractivity contribution in [1.29, 1.82) is 0 Å². The van der Waals surface area contributed by atoms with Crippen LogP contribution < -0.4 is 5.32 Å².